The van der Waals surface area contributed by atoms with Crippen LogP contribution in [0.25, 0.3) is 11.3 Å². The van der Waals surface area contributed by atoms with Crippen molar-refractivity contribution in [1.82, 2.24) is 10.3 Å². The molecule has 1 heterocycles. The van der Waals surface area contributed by atoms with Crippen molar-refractivity contribution in [2.24, 2.45) is 0 Å². The fraction of sp³-hybridized carbons (Fsp3) is 0.357. The molecule has 0 atom stereocenters. The van der Waals surface area contributed by atoms with E-state index in [1.54, 1.807) is 12.3 Å². The molecule has 2 aromatic rings. The highest BCUT2D eigenvalue weighted by Crippen LogP contribution is 2.27. The van der Waals surface area contributed by atoms with E-state index in [4.69, 9.17) is 4.42 Å². The first kappa shape index (κ1) is 14.2. The first-order chi connectivity index (χ1) is 9.61. The van der Waals surface area contributed by atoms with Crippen molar-refractivity contribution >= 4 is 5.69 Å². The van der Waals surface area contributed by atoms with Gasteiger partial charge in [-0.1, -0.05) is 6.92 Å². The molecule has 2 rings (SSSR count). The molecule has 0 aliphatic heterocycles. The Morgan fingerprint density at radius 2 is 2.25 bits per heavy atom. The third kappa shape index (κ3) is 3.21. The summed E-state index contributed by atoms with van der Waals surface area (Å²) in [5.74, 6) is 1.31. The Kier molecular flexibility index (Phi) is 4.47. The third-order valence-corrected chi connectivity index (χ3v) is 3.01. The second kappa shape index (κ2) is 6.29. The van der Waals surface area contributed by atoms with Crippen LogP contribution >= 0.6 is 0 Å². The zero-order chi connectivity index (χ0) is 14.5. The predicted molar refractivity (Wildman–Crippen MR) is 75.6 cm³/mol. The van der Waals surface area contributed by atoms with Gasteiger partial charge in [0, 0.05) is 30.7 Å². The minimum atomic E-state index is -0.404. The van der Waals surface area contributed by atoms with Gasteiger partial charge in [0.15, 0.2) is 11.7 Å². The molecule has 6 nitrogen and oxygen atoms in total. The average molecular weight is 275 g/mol. The zero-order valence-corrected chi connectivity index (χ0v) is 11.5. The number of nitro benzene ring substituents is 1. The number of benzene rings is 1. The van der Waals surface area contributed by atoms with E-state index in [0.717, 1.165) is 30.6 Å². The molecule has 0 saturated heterocycles. The number of oxazole rings is 1. The van der Waals surface area contributed by atoms with Crippen molar-refractivity contribution in [3.05, 3.63) is 46.0 Å². The minimum absolute atomic E-state index is 0.0816. The summed E-state index contributed by atoms with van der Waals surface area (Å²) in [6.45, 7) is 5.59. The molecular weight excluding hydrogens is 258 g/mol. The lowest BCUT2D eigenvalue weighted by atomic mass is 10.1. The molecule has 0 bridgehead atoms. The molecule has 106 valence electrons. The summed E-state index contributed by atoms with van der Waals surface area (Å²) >= 11 is 0. The van der Waals surface area contributed by atoms with Crippen LogP contribution in [0.2, 0.25) is 0 Å². The van der Waals surface area contributed by atoms with E-state index >= 15 is 0 Å². The molecule has 0 saturated carbocycles. The van der Waals surface area contributed by atoms with Gasteiger partial charge in [0.05, 0.1) is 11.1 Å². The largest absolute Gasteiger partial charge is 0.441 e. The van der Waals surface area contributed by atoms with Crippen molar-refractivity contribution in [1.29, 1.82) is 0 Å². The smallest absolute Gasteiger partial charge is 0.269 e. The van der Waals surface area contributed by atoms with Gasteiger partial charge in [-0.3, -0.25) is 10.1 Å². The number of nitro groups is 1. The van der Waals surface area contributed by atoms with Crippen molar-refractivity contribution in [3.8, 4) is 11.3 Å². The Morgan fingerprint density at radius 1 is 1.45 bits per heavy atom. The van der Waals surface area contributed by atoms with E-state index in [1.807, 2.05) is 13.8 Å². The number of hydrogen-bond donors (Lipinski definition) is 1. The van der Waals surface area contributed by atoms with Gasteiger partial charge < -0.3 is 9.73 Å². The predicted octanol–water partition coefficient (Wildman–Crippen LogP) is 2.71. The quantitative estimate of drug-likeness (QED) is 0.498. The van der Waals surface area contributed by atoms with Gasteiger partial charge in [0.2, 0.25) is 0 Å². The minimum Gasteiger partial charge on any atom is -0.441 e. The van der Waals surface area contributed by atoms with Crippen LogP contribution in [0.4, 0.5) is 5.69 Å². The Labute approximate surface area is 117 Å². The first-order valence-electron chi connectivity index (χ1n) is 6.52. The molecule has 1 aromatic carbocycles. The van der Waals surface area contributed by atoms with E-state index in [9.17, 15) is 10.1 Å². The van der Waals surface area contributed by atoms with E-state index in [0.29, 0.717) is 11.7 Å². The maximum atomic E-state index is 10.7. The number of aryl methyl sites for hydroxylation is 1. The summed E-state index contributed by atoms with van der Waals surface area (Å²) in [7, 11) is 0. The number of nitrogens with one attached hydrogen (secondary N) is 1. The van der Waals surface area contributed by atoms with Gasteiger partial charge in [-0.2, -0.15) is 0 Å². The summed E-state index contributed by atoms with van der Waals surface area (Å²) in [6, 6.07) is 4.71. The fourth-order valence-electron chi connectivity index (χ4n) is 1.96. The van der Waals surface area contributed by atoms with Crippen molar-refractivity contribution in [2.45, 2.75) is 20.3 Å². The second-order valence-electron chi connectivity index (χ2n) is 4.48. The van der Waals surface area contributed by atoms with Gasteiger partial charge >= 0.3 is 0 Å². The van der Waals surface area contributed by atoms with Crippen LogP contribution < -0.4 is 5.32 Å². The van der Waals surface area contributed by atoms with Crippen LogP contribution in [0.1, 0.15) is 18.4 Å². The van der Waals surface area contributed by atoms with Crippen LogP contribution in [0, 0.1) is 17.0 Å². The van der Waals surface area contributed by atoms with Crippen LogP contribution in [0.5, 0.6) is 0 Å². The molecule has 0 spiro atoms. The molecule has 1 aromatic heterocycles. The summed E-state index contributed by atoms with van der Waals surface area (Å²) in [5, 5.41) is 13.9. The molecule has 0 aliphatic carbocycles. The van der Waals surface area contributed by atoms with Crippen LogP contribution in [0.15, 0.2) is 28.8 Å². The number of hydrogen-bond acceptors (Lipinski definition) is 5. The highest BCUT2D eigenvalue weighted by Gasteiger charge is 2.12. The summed E-state index contributed by atoms with van der Waals surface area (Å²) in [6.07, 6.45) is 2.38. The number of non-ortho nitro benzene ring substituents is 1. The lowest BCUT2D eigenvalue weighted by molar-refractivity contribution is -0.384. The third-order valence-electron chi connectivity index (χ3n) is 3.01. The van der Waals surface area contributed by atoms with E-state index in [-0.39, 0.29) is 5.69 Å². The molecule has 0 aliphatic rings. The van der Waals surface area contributed by atoms with Gasteiger partial charge in [0.1, 0.15) is 0 Å². The Balaban J connectivity index is 2.17. The number of likely N-dealkylation sites (N-methyl/N-ethyl adjacent to an activating group) is 1. The second-order valence-corrected chi connectivity index (χ2v) is 4.48. The number of rotatable bonds is 6. The van der Waals surface area contributed by atoms with Crippen LogP contribution in [-0.2, 0) is 6.42 Å². The fourth-order valence-corrected chi connectivity index (χ4v) is 1.96. The maximum absolute atomic E-state index is 10.7. The first-order valence-corrected chi connectivity index (χ1v) is 6.52. The highest BCUT2D eigenvalue weighted by atomic mass is 16.6. The molecule has 6 heteroatoms. The molecule has 20 heavy (non-hydrogen) atoms. The van der Waals surface area contributed by atoms with Gasteiger partial charge in [0.25, 0.3) is 5.69 Å². The summed E-state index contributed by atoms with van der Waals surface area (Å²) < 4.78 is 5.68. The van der Waals surface area contributed by atoms with Crippen molar-refractivity contribution in [2.75, 3.05) is 13.1 Å². The Morgan fingerprint density at radius 3 is 2.90 bits per heavy atom. The lowest BCUT2D eigenvalue weighted by Gasteiger charge is -2.02. The van der Waals surface area contributed by atoms with E-state index in [1.165, 1.54) is 12.1 Å². The maximum Gasteiger partial charge on any atom is 0.269 e. The van der Waals surface area contributed by atoms with Crippen LogP contribution in [-0.4, -0.2) is 23.0 Å². The lowest BCUT2D eigenvalue weighted by Crippen LogP contribution is -2.16. The van der Waals surface area contributed by atoms with Gasteiger partial charge in [-0.05, 0) is 25.1 Å². The summed E-state index contributed by atoms with van der Waals surface area (Å²) in [5.41, 5.74) is 1.71. The number of nitrogens with zero attached hydrogens (tertiary/aromatic N) is 2. The van der Waals surface area contributed by atoms with Crippen LogP contribution in [0.3, 0.4) is 0 Å². The van der Waals surface area contributed by atoms with E-state index in [2.05, 4.69) is 10.3 Å². The normalized spacial score (nSPS) is 10.7. The summed E-state index contributed by atoms with van der Waals surface area (Å²) in [4.78, 5) is 14.5. The molecule has 0 radical (unpaired) electrons. The molecule has 0 amide bonds. The topological polar surface area (TPSA) is 81.2 Å². The molecule has 0 unspecified atom stereocenters. The highest BCUT2D eigenvalue weighted by molar-refractivity contribution is 5.63. The standard InChI is InChI=1S/C14H17N3O3/c1-3-15-7-6-14-16-9-13(20-14)12-5-4-11(17(18)19)8-10(12)2/h4-5,8-9,15H,3,6-7H2,1-2H3. The van der Waals surface area contributed by atoms with Crippen molar-refractivity contribution in [3.63, 3.8) is 0 Å². The van der Waals surface area contributed by atoms with Crippen molar-refractivity contribution < 1.29 is 9.34 Å². The SMILES string of the molecule is CCNCCc1ncc(-c2ccc([N+](=O)[O-])cc2C)o1. The molecular formula is C14H17N3O3. The monoisotopic (exact) mass is 275 g/mol. The molecule has 1 N–H and O–H groups in total. The van der Waals surface area contributed by atoms with E-state index < -0.39 is 4.92 Å². The zero-order valence-electron chi connectivity index (χ0n) is 11.5. The average Bonchev–Trinajstić information content (AvgIpc) is 2.87. The van der Waals surface area contributed by atoms with Gasteiger partial charge in [-0.25, -0.2) is 4.98 Å². The molecule has 0 fully saturated rings. The Bertz CT molecular complexity index is 607. The van der Waals surface area contributed by atoms with Gasteiger partial charge in [-0.15, -0.1) is 0 Å². The Hall–Kier alpha value is -2.21. The number of aromatic nitrogens is 1.